The maximum Gasteiger partial charge on any atom is 0.178 e. The van der Waals surface area contributed by atoms with Crippen molar-refractivity contribution in [2.24, 2.45) is 5.92 Å². The van der Waals surface area contributed by atoms with Crippen molar-refractivity contribution < 1.29 is 13.2 Å². The molecule has 3 nitrogen and oxygen atoms in total. The van der Waals surface area contributed by atoms with Crippen LogP contribution in [0.2, 0.25) is 0 Å². The van der Waals surface area contributed by atoms with Crippen LogP contribution in [0.25, 0.3) is 0 Å². The van der Waals surface area contributed by atoms with Gasteiger partial charge < -0.3 is 0 Å². The molecule has 4 heteroatoms. The molecule has 0 heterocycles. The van der Waals surface area contributed by atoms with Crippen LogP contribution in [0.5, 0.6) is 0 Å². The fraction of sp³-hybridized carbons (Fsp3) is 0.562. The molecule has 0 saturated heterocycles. The third-order valence-electron chi connectivity index (χ3n) is 3.98. The third kappa shape index (κ3) is 3.69. The summed E-state index contributed by atoms with van der Waals surface area (Å²) >= 11 is 0. The Morgan fingerprint density at radius 2 is 1.50 bits per heavy atom. The zero-order chi connectivity index (χ0) is 15.7. The smallest absolute Gasteiger partial charge is 0.178 e. The molecule has 0 saturated carbocycles. The number of aryl methyl sites for hydroxylation is 3. The number of benzene rings is 1. The molecule has 1 rings (SSSR count). The van der Waals surface area contributed by atoms with Crippen molar-refractivity contribution >= 4 is 15.6 Å². The van der Waals surface area contributed by atoms with Crippen molar-refractivity contribution in [1.29, 1.82) is 0 Å². The van der Waals surface area contributed by atoms with E-state index in [-0.39, 0.29) is 11.7 Å². The molecular formula is C16H24O3S. The predicted octanol–water partition coefficient (Wildman–Crippen LogP) is 3.25. The second-order valence-corrected chi connectivity index (χ2v) is 8.29. The molecule has 1 atom stereocenters. The van der Waals surface area contributed by atoms with E-state index in [2.05, 4.69) is 0 Å². The van der Waals surface area contributed by atoms with Crippen molar-refractivity contribution in [3.05, 3.63) is 34.4 Å². The lowest BCUT2D eigenvalue weighted by molar-refractivity contribution is 0.102. The second kappa shape index (κ2) is 6.08. The van der Waals surface area contributed by atoms with Gasteiger partial charge >= 0.3 is 0 Å². The summed E-state index contributed by atoms with van der Waals surface area (Å²) in [4.78, 5) is 12.3. The van der Waals surface area contributed by atoms with Crippen LogP contribution in [0.4, 0.5) is 0 Å². The molecule has 0 fully saturated rings. The normalized spacial score (nSPS) is 13.6. The zero-order valence-electron chi connectivity index (χ0n) is 13.1. The van der Waals surface area contributed by atoms with Gasteiger partial charge in [0.1, 0.15) is 5.75 Å². The minimum Gasteiger partial charge on any atom is -0.293 e. The summed E-state index contributed by atoms with van der Waals surface area (Å²) in [7, 11) is -3.40. The molecule has 0 amide bonds. The summed E-state index contributed by atoms with van der Waals surface area (Å²) < 4.78 is 24.4. The molecule has 0 spiro atoms. The lowest BCUT2D eigenvalue weighted by atomic mass is 9.99. The van der Waals surface area contributed by atoms with E-state index in [9.17, 15) is 13.2 Å². The molecule has 20 heavy (non-hydrogen) atoms. The molecule has 1 aromatic carbocycles. The van der Waals surface area contributed by atoms with Crippen molar-refractivity contribution in [1.82, 2.24) is 0 Å². The molecule has 1 unspecified atom stereocenters. The fourth-order valence-electron chi connectivity index (χ4n) is 2.07. The van der Waals surface area contributed by atoms with Crippen molar-refractivity contribution in [2.75, 3.05) is 5.75 Å². The van der Waals surface area contributed by atoms with Gasteiger partial charge in [0.25, 0.3) is 0 Å². The number of carbonyl (C=O) groups is 1. The number of hydrogen-bond donors (Lipinski definition) is 0. The van der Waals surface area contributed by atoms with Gasteiger partial charge in [-0.05, 0) is 56.4 Å². The predicted molar refractivity (Wildman–Crippen MR) is 83.1 cm³/mol. The average molecular weight is 296 g/mol. The minimum absolute atomic E-state index is 0.00801. The van der Waals surface area contributed by atoms with Gasteiger partial charge in [0.05, 0.1) is 5.25 Å². The minimum atomic E-state index is -3.40. The van der Waals surface area contributed by atoms with Crippen LogP contribution < -0.4 is 0 Å². The first-order valence-corrected chi connectivity index (χ1v) is 8.60. The van der Waals surface area contributed by atoms with Gasteiger partial charge in [-0.1, -0.05) is 19.9 Å². The molecule has 0 aliphatic rings. The van der Waals surface area contributed by atoms with E-state index in [4.69, 9.17) is 0 Å². The fourth-order valence-corrected chi connectivity index (χ4v) is 3.68. The zero-order valence-corrected chi connectivity index (χ0v) is 14.0. The highest BCUT2D eigenvalue weighted by molar-refractivity contribution is 7.92. The van der Waals surface area contributed by atoms with Crippen LogP contribution in [-0.2, 0) is 9.84 Å². The number of carbonyl (C=O) groups excluding carboxylic acids is 1. The Bertz CT molecular complexity index is 613. The van der Waals surface area contributed by atoms with Crippen LogP contribution in [0.3, 0.4) is 0 Å². The number of rotatable bonds is 5. The Labute approximate surface area is 122 Å². The number of sulfone groups is 1. The number of Topliss-reactive ketones (excluding diaryl/α,β-unsaturated/α-hetero) is 1. The molecule has 112 valence electrons. The van der Waals surface area contributed by atoms with Crippen LogP contribution in [0.1, 0.15) is 47.8 Å². The Balaban J connectivity index is 3.07. The number of ketones is 1. The summed E-state index contributed by atoms with van der Waals surface area (Å²) in [6.45, 7) is 11.1. The lowest BCUT2D eigenvalue weighted by Gasteiger charge is -2.16. The van der Waals surface area contributed by atoms with E-state index in [1.807, 2.05) is 40.7 Å². The van der Waals surface area contributed by atoms with Crippen molar-refractivity contribution in [3.8, 4) is 0 Å². The van der Waals surface area contributed by atoms with Gasteiger partial charge in [-0.3, -0.25) is 4.79 Å². The van der Waals surface area contributed by atoms with E-state index in [0.717, 1.165) is 16.7 Å². The highest BCUT2D eigenvalue weighted by Crippen LogP contribution is 2.19. The molecule has 0 aliphatic heterocycles. The lowest BCUT2D eigenvalue weighted by Crippen LogP contribution is -2.29. The first-order chi connectivity index (χ1) is 9.06. The molecule has 0 N–H and O–H groups in total. The average Bonchev–Trinajstić information content (AvgIpc) is 2.31. The molecule has 0 aliphatic carbocycles. The van der Waals surface area contributed by atoms with Gasteiger partial charge in [0.15, 0.2) is 15.6 Å². The van der Waals surface area contributed by atoms with Gasteiger partial charge in [-0.2, -0.15) is 0 Å². The first kappa shape index (κ1) is 16.9. The Hall–Kier alpha value is -1.16. The van der Waals surface area contributed by atoms with E-state index < -0.39 is 20.8 Å². The van der Waals surface area contributed by atoms with Gasteiger partial charge in [-0.15, -0.1) is 0 Å². The van der Waals surface area contributed by atoms with Crippen LogP contribution in [0.15, 0.2) is 12.1 Å². The molecule has 0 aromatic heterocycles. The van der Waals surface area contributed by atoms with E-state index in [0.29, 0.717) is 5.56 Å². The van der Waals surface area contributed by atoms with Gasteiger partial charge in [0.2, 0.25) is 0 Å². The third-order valence-corrected chi connectivity index (χ3v) is 6.32. The molecule has 0 bridgehead atoms. The molecule has 0 radical (unpaired) electrons. The highest BCUT2D eigenvalue weighted by Gasteiger charge is 2.27. The van der Waals surface area contributed by atoms with Crippen molar-refractivity contribution in [3.63, 3.8) is 0 Å². The standard InChI is InChI=1S/C16H24O3S/c1-10(2)14(6)20(18,19)9-16(17)15-8-12(4)11(3)7-13(15)5/h7-8,10,14H,9H2,1-6H3. The largest absolute Gasteiger partial charge is 0.293 e. The first-order valence-electron chi connectivity index (χ1n) is 6.89. The summed E-state index contributed by atoms with van der Waals surface area (Å²) in [5, 5.41) is -0.502. The summed E-state index contributed by atoms with van der Waals surface area (Å²) in [5.74, 6) is -0.706. The Morgan fingerprint density at radius 3 is 2.00 bits per heavy atom. The highest BCUT2D eigenvalue weighted by atomic mass is 32.2. The van der Waals surface area contributed by atoms with Gasteiger partial charge in [-0.25, -0.2) is 8.42 Å². The van der Waals surface area contributed by atoms with Crippen molar-refractivity contribution in [2.45, 2.75) is 46.8 Å². The topological polar surface area (TPSA) is 51.2 Å². The van der Waals surface area contributed by atoms with Crippen LogP contribution >= 0.6 is 0 Å². The Kier molecular flexibility index (Phi) is 5.14. The SMILES string of the molecule is Cc1cc(C)c(C(=O)CS(=O)(=O)C(C)C(C)C)cc1C. The van der Waals surface area contributed by atoms with Gasteiger partial charge in [0, 0.05) is 5.56 Å². The summed E-state index contributed by atoms with van der Waals surface area (Å²) in [6, 6.07) is 3.73. The maximum absolute atomic E-state index is 12.3. The Morgan fingerprint density at radius 1 is 1.00 bits per heavy atom. The van der Waals surface area contributed by atoms with E-state index in [1.165, 1.54) is 0 Å². The van der Waals surface area contributed by atoms with Crippen LogP contribution in [0, 0.1) is 26.7 Å². The van der Waals surface area contributed by atoms with E-state index >= 15 is 0 Å². The summed E-state index contributed by atoms with van der Waals surface area (Å²) in [6.07, 6.45) is 0. The van der Waals surface area contributed by atoms with E-state index in [1.54, 1.807) is 13.0 Å². The maximum atomic E-state index is 12.3. The molecular weight excluding hydrogens is 272 g/mol. The molecule has 1 aromatic rings. The van der Waals surface area contributed by atoms with Crippen LogP contribution in [-0.4, -0.2) is 25.2 Å². The summed E-state index contributed by atoms with van der Waals surface area (Å²) in [5.41, 5.74) is 3.48. The number of hydrogen-bond acceptors (Lipinski definition) is 3. The monoisotopic (exact) mass is 296 g/mol. The second-order valence-electron chi connectivity index (χ2n) is 5.93. The quantitative estimate of drug-likeness (QED) is 0.784.